The summed E-state index contributed by atoms with van der Waals surface area (Å²) in [5.74, 6) is 1.26. The Balaban J connectivity index is 1.68. The van der Waals surface area contributed by atoms with Crippen LogP contribution in [0.4, 0.5) is 0 Å². The molecule has 0 aromatic heterocycles. The van der Waals surface area contributed by atoms with Gasteiger partial charge in [0, 0.05) is 38.9 Å². The number of hydrogen-bond donors (Lipinski definition) is 0. The van der Waals surface area contributed by atoms with Crippen LogP contribution in [0.3, 0.4) is 0 Å². The van der Waals surface area contributed by atoms with Crippen LogP contribution in [0.2, 0.25) is 0 Å². The van der Waals surface area contributed by atoms with Crippen molar-refractivity contribution < 1.29 is 14.3 Å². The molecule has 1 saturated carbocycles. The second kappa shape index (κ2) is 5.29. The van der Waals surface area contributed by atoms with E-state index in [9.17, 15) is 4.79 Å². The van der Waals surface area contributed by atoms with Crippen LogP contribution in [-0.4, -0.2) is 25.8 Å². The molecule has 4 aliphatic rings. The summed E-state index contributed by atoms with van der Waals surface area (Å²) in [5, 5.41) is 0. The fourth-order valence-electron chi connectivity index (χ4n) is 5.76. The van der Waals surface area contributed by atoms with Gasteiger partial charge in [-0.2, -0.15) is 0 Å². The lowest BCUT2D eigenvalue weighted by Crippen LogP contribution is -2.42. The number of ketones is 1. The SMILES string of the molecule is COC1(OC)CCC2=C(CC[C@@H]3C2=CCC2(C)C(=O)CC[C@@H]32)C1. The van der Waals surface area contributed by atoms with Crippen molar-refractivity contribution in [3.63, 3.8) is 0 Å². The van der Waals surface area contributed by atoms with E-state index in [0.29, 0.717) is 17.6 Å². The topological polar surface area (TPSA) is 35.5 Å². The number of ether oxygens (including phenoxy) is 2. The molecule has 3 atom stereocenters. The molecule has 3 nitrogen and oxygen atoms in total. The minimum atomic E-state index is -0.418. The standard InChI is InChI=1S/C20H28O3/c1-19-10-8-15-14-9-11-20(22-2,23-3)12-13(14)4-5-16(15)17(19)6-7-18(19)21/h8,16-17H,4-7,9-12H2,1-3H3/t16-,17+,19?/m1/s1. The van der Waals surface area contributed by atoms with E-state index in [1.807, 2.05) is 0 Å². The van der Waals surface area contributed by atoms with Crippen molar-refractivity contribution in [1.82, 2.24) is 0 Å². The van der Waals surface area contributed by atoms with Gasteiger partial charge in [-0.15, -0.1) is 0 Å². The fourth-order valence-corrected chi connectivity index (χ4v) is 5.76. The number of carbonyl (C=O) groups is 1. The fraction of sp³-hybridized carbons (Fsp3) is 0.750. The summed E-state index contributed by atoms with van der Waals surface area (Å²) in [5.41, 5.74) is 4.61. The van der Waals surface area contributed by atoms with Gasteiger partial charge >= 0.3 is 0 Å². The van der Waals surface area contributed by atoms with Crippen LogP contribution in [0.5, 0.6) is 0 Å². The minimum absolute atomic E-state index is 0.0796. The Morgan fingerprint density at radius 3 is 2.65 bits per heavy atom. The zero-order valence-electron chi connectivity index (χ0n) is 14.6. The summed E-state index contributed by atoms with van der Waals surface area (Å²) in [7, 11) is 3.52. The molecule has 4 aliphatic carbocycles. The molecule has 0 bridgehead atoms. The monoisotopic (exact) mass is 316 g/mol. The third-order valence-electron chi connectivity index (χ3n) is 7.28. The third-order valence-corrected chi connectivity index (χ3v) is 7.28. The molecule has 0 saturated heterocycles. The van der Waals surface area contributed by atoms with Gasteiger partial charge in [0.05, 0.1) is 0 Å². The lowest BCUT2D eigenvalue weighted by atomic mass is 9.58. The van der Waals surface area contributed by atoms with Crippen LogP contribution in [0.1, 0.15) is 58.3 Å². The van der Waals surface area contributed by atoms with Gasteiger partial charge in [-0.3, -0.25) is 4.79 Å². The van der Waals surface area contributed by atoms with E-state index in [2.05, 4.69) is 13.0 Å². The van der Waals surface area contributed by atoms with E-state index in [4.69, 9.17) is 9.47 Å². The van der Waals surface area contributed by atoms with Crippen molar-refractivity contribution in [3.8, 4) is 0 Å². The zero-order valence-corrected chi connectivity index (χ0v) is 14.6. The van der Waals surface area contributed by atoms with Crippen LogP contribution in [0.15, 0.2) is 22.8 Å². The molecule has 0 aromatic carbocycles. The van der Waals surface area contributed by atoms with Gasteiger partial charge < -0.3 is 9.47 Å². The van der Waals surface area contributed by atoms with Crippen molar-refractivity contribution in [2.24, 2.45) is 17.3 Å². The minimum Gasteiger partial charge on any atom is -0.353 e. The van der Waals surface area contributed by atoms with Gasteiger partial charge in [0.1, 0.15) is 5.78 Å². The molecule has 126 valence electrons. The summed E-state index contributed by atoms with van der Waals surface area (Å²) in [4.78, 5) is 12.4. The normalized spacial score (nSPS) is 38.7. The van der Waals surface area contributed by atoms with E-state index >= 15 is 0 Å². The predicted octanol–water partition coefficient (Wildman–Crippen LogP) is 4.18. The van der Waals surface area contributed by atoms with E-state index in [0.717, 1.165) is 44.9 Å². The molecule has 23 heavy (non-hydrogen) atoms. The van der Waals surface area contributed by atoms with Gasteiger partial charge in [0.25, 0.3) is 0 Å². The Labute approximate surface area is 139 Å². The first-order valence-electron chi connectivity index (χ1n) is 9.08. The Morgan fingerprint density at radius 2 is 1.91 bits per heavy atom. The van der Waals surface area contributed by atoms with Gasteiger partial charge in [-0.1, -0.05) is 18.6 Å². The quantitative estimate of drug-likeness (QED) is 0.717. The summed E-state index contributed by atoms with van der Waals surface area (Å²) >= 11 is 0. The molecule has 0 aromatic rings. The maximum absolute atomic E-state index is 12.4. The number of allylic oxidation sites excluding steroid dienone is 3. The van der Waals surface area contributed by atoms with E-state index in [-0.39, 0.29) is 5.41 Å². The number of Topliss-reactive ketones (excluding diaryl/α,β-unsaturated/α-hetero) is 1. The van der Waals surface area contributed by atoms with E-state index < -0.39 is 5.79 Å². The Hall–Kier alpha value is -0.930. The smallest absolute Gasteiger partial charge is 0.171 e. The maximum Gasteiger partial charge on any atom is 0.171 e. The Kier molecular flexibility index (Phi) is 3.58. The first-order valence-corrected chi connectivity index (χ1v) is 9.08. The highest BCUT2D eigenvalue weighted by atomic mass is 16.7. The molecule has 1 unspecified atom stereocenters. The largest absolute Gasteiger partial charge is 0.353 e. The lowest BCUT2D eigenvalue weighted by Gasteiger charge is -2.47. The molecule has 0 N–H and O–H groups in total. The first-order chi connectivity index (χ1) is 11.0. The van der Waals surface area contributed by atoms with Crippen molar-refractivity contribution >= 4 is 5.78 Å². The van der Waals surface area contributed by atoms with Crippen molar-refractivity contribution in [2.45, 2.75) is 64.1 Å². The average Bonchev–Trinajstić information content (AvgIpc) is 2.89. The highest BCUT2D eigenvalue weighted by Crippen LogP contribution is 2.58. The van der Waals surface area contributed by atoms with E-state index in [1.54, 1.807) is 25.4 Å². The number of rotatable bonds is 2. The van der Waals surface area contributed by atoms with Crippen molar-refractivity contribution in [1.29, 1.82) is 0 Å². The van der Waals surface area contributed by atoms with Crippen molar-refractivity contribution in [2.75, 3.05) is 14.2 Å². The van der Waals surface area contributed by atoms with Gasteiger partial charge in [-0.05, 0) is 55.1 Å². The van der Waals surface area contributed by atoms with Crippen LogP contribution in [0, 0.1) is 17.3 Å². The highest BCUT2D eigenvalue weighted by Gasteiger charge is 2.53. The second-order valence-corrected chi connectivity index (χ2v) is 8.07. The van der Waals surface area contributed by atoms with Crippen LogP contribution in [0.25, 0.3) is 0 Å². The number of hydrogen-bond acceptors (Lipinski definition) is 3. The summed E-state index contributed by atoms with van der Waals surface area (Å²) in [6.45, 7) is 2.21. The number of fused-ring (bicyclic) bond motifs is 4. The van der Waals surface area contributed by atoms with Crippen LogP contribution in [-0.2, 0) is 14.3 Å². The molecule has 0 heterocycles. The molecule has 3 heteroatoms. The molecule has 0 spiro atoms. The molecule has 0 amide bonds. The number of carbonyl (C=O) groups excluding carboxylic acids is 1. The molecule has 0 radical (unpaired) electrons. The van der Waals surface area contributed by atoms with Gasteiger partial charge in [0.15, 0.2) is 5.79 Å². The van der Waals surface area contributed by atoms with E-state index in [1.165, 1.54) is 12.0 Å². The first kappa shape index (κ1) is 15.6. The highest BCUT2D eigenvalue weighted by molar-refractivity contribution is 5.87. The summed E-state index contributed by atoms with van der Waals surface area (Å²) < 4.78 is 11.4. The summed E-state index contributed by atoms with van der Waals surface area (Å²) in [6.07, 6.45) is 10.5. The van der Waals surface area contributed by atoms with Gasteiger partial charge in [-0.25, -0.2) is 0 Å². The van der Waals surface area contributed by atoms with Crippen LogP contribution < -0.4 is 0 Å². The van der Waals surface area contributed by atoms with Crippen LogP contribution >= 0.6 is 0 Å². The lowest BCUT2D eigenvalue weighted by molar-refractivity contribution is -0.212. The number of methoxy groups -OCH3 is 2. The summed E-state index contributed by atoms with van der Waals surface area (Å²) in [6, 6.07) is 0. The third kappa shape index (κ3) is 2.12. The Morgan fingerprint density at radius 1 is 1.13 bits per heavy atom. The van der Waals surface area contributed by atoms with Gasteiger partial charge in [0.2, 0.25) is 0 Å². The molecule has 4 rings (SSSR count). The maximum atomic E-state index is 12.4. The average molecular weight is 316 g/mol. The molecule has 0 aliphatic heterocycles. The molecule has 1 fully saturated rings. The second-order valence-electron chi connectivity index (χ2n) is 8.07. The van der Waals surface area contributed by atoms with Crippen molar-refractivity contribution in [3.05, 3.63) is 22.8 Å². The predicted molar refractivity (Wildman–Crippen MR) is 88.9 cm³/mol. The zero-order chi connectivity index (χ0) is 16.2. The Bertz CT molecular complexity index is 596. The molecular weight excluding hydrogens is 288 g/mol. The molecular formula is C20H28O3.